The minimum Gasteiger partial charge on any atom is -0.497 e. The highest BCUT2D eigenvalue weighted by molar-refractivity contribution is 5.43. The number of nitrogens with two attached hydrogens (primary N) is 1. The van der Waals surface area contributed by atoms with Crippen LogP contribution < -0.4 is 15.2 Å². The summed E-state index contributed by atoms with van der Waals surface area (Å²) in [5.41, 5.74) is 6.26. The molecule has 0 fully saturated rings. The first-order valence-corrected chi connectivity index (χ1v) is 5.35. The van der Waals surface area contributed by atoms with Crippen LogP contribution in [0.4, 0.5) is 0 Å². The van der Waals surface area contributed by atoms with Gasteiger partial charge in [-0.3, -0.25) is 0 Å². The van der Waals surface area contributed by atoms with Gasteiger partial charge < -0.3 is 15.2 Å². The van der Waals surface area contributed by atoms with Crippen molar-refractivity contribution in [3.63, 3.8) is 0 Å². The van der Waals surface area contributed by atoms with Gasteiger partial charge >= 0.3 is 0 Å². The molecule has 0 aliphatic carbocycles. The molecule has 92 valence electrons. The summed E-state index contributed by atoms with van der Waals surface area (Å²) < 4.78 is 10.4. The van der Waals surface area contributed by atoms with Crippen LogP contribution in [-0.4, -0.2) is 14.2 Å². The number of nitriles is 1. The van der Waals surface area contributed by atoms with Crippen LogP contribution >= 0.6 is 0 Å². The van der Waals surface area contributed by atoms with Gasteiger partial charge in [-0.25, -0.2) is 0 Å². The van der Waals surface area contributed by atoms with E-state index < -0.39 is 11.5 Å². The number of hydrogen-bond acceptors (Lipinski definition) is 4. The fraction of sp³-hybridized carbons (Fsp3) is 0.462. The van der Waals surface area contributed by atoms with Crippen molar-refractivity contribution >= 4 is 0 Å². The van der Waals surface area contributed by atoms with Crippen molar-refractivity contribution in [3.8, 4) is 17.6 Å². The predicted molar refractivity (Wildman–Crippen MR) is 65.9 cm³/mol. The van der Waals surface area contributed by atoms with Crippen molar-refractivity contribution in [3.05, 3.63) is 23.8 Å². The fourth-order valence-corrected chi connectivity index (χ4v) is 1.53. The fourth-order valence-electron chi connectivity index (χ4n) is 1.53. The molecule has 1 aromatic carbocycles. The van der Waals surface area contributed by atoms with Crippen molar-refractivity contribution < 1.29 is 9.47 Å². The predicted octanol–water partition coefficient (Wildman–Crippen LogP) is 2.25. The van der Waals surface area contributed by atoms with Crippen LogP contribution in [0.5, 0.6) is 11.5 Å². The highest BCUT2D eigenvalue weighted by Gasteiger charge is 2.29. The van der Waals surface area contributed by atoms with Gasteiger partial charge in [0, 0.05) is 11.6 Å². The Bertz CT molecular complexity index is 436. The van der Waals surface area contributed by atoms with Crippen molar-refractivity contribution in [2.75, 3.05) is 14.2 Å². The van der Waals surface area contributed by atoms with Crippen molar-refractivity contribution in [2.24, 2.45) is 11.1 Å². The third kappa shape index (κ3) is 2.69. The Labute approximate surface area is 102 Å². The Morgan fingerprint density at radius 2 is 1.94 bits per heavy atom. The SMILES string of the molecule is COc1ccc(C(N)C(C)(C)C#N)c(OC)c1. The topological polar surface area (TPSA) is 68.3 Å². The van der Waals surface area contributed by atoms with Gasteiger partial charge in [0.25, 0.3) is 0 Å². The second-order valence-electron chi connectivity index (χ2n) is 4.42. The van der Waals surface area contributed by atoms with Crippen LogP contribution in [0.2, 0.25) is 0 Å². The maximum absolute atomic E-state index is 9.09. The molecule has 2 N–H and O–H groups in total. The molecule has 1 unspecified atom stereocenters. The van der Waals surface area contributed by atoms with E-state index in [4.69, 9.17) is 20.5 Å². The van der Waals surface area contributed by atoms with Gasteiger partial charge in [-0.05, 0) is 19.9 Å². The highest BCUT2D eigenvalue weighted by Crippen LogP contribution is 2.37. The zero-order chi connectivity index (χ0) is 13.1. The molecule has 0 heterocycles. The first-order valence-electron chi connectivity index (χ1n) is 5.35. The van der Waals surface area contributed by atoms with Gasteiger partial charge in [-0.1, -0.05) is 6.07 Å². The summed E-state index contributed by atoms with van der Waals surface area (Å²) in [6.07, 6.45) is 0. The second-order valence-corrected chi connectivity index (χ2v) is 4.42. The van der Waals surface area contributed by atoms with E-state index >= 15 is 0 Å². The Morgan fingerprint density at radius 1 is 1.29 bits per heavy atom. The normalized spacial score (nSPS) is 12.7. The average Bonchev–Trinajstić information content (AvgIpc) is 2.36. The van der Waals surface area contributed by atoms with Gasteiger partial charge in [0.05, 0.1) is 31.7 Å². The molecule has 0 spiro atoms. The quantitative estimate of drug-likeness (QED) is 0.867. The Morgan fingerprint density at radius 3 is 2.41 bits per heavy atom. The third-order valence-corrected chi connectivity index (χ3v) is 2.84. The van der Waals surface area contributed by atoms with E-state index in [-0.39, 0.29) is 0 Å². The van der Waals surface area contributed by atoms with E-state index in [9.17, 15) is 0 Å². The Hall–Kier alpha value is -1.73. The van der Waals surface area contributed by atoms with Crippen molar-refractivity contribution in [1.82, 2.24) is 0 Å². The lowest BCUT2D eigenvalue weighted by molar-refractivity contribution is 0.357. The van der Waals surface area contributed by atoms with Gasteiger partial charge in [-0.2, -0.15) is 5.26 Å². The summed E-state index contributed by atoms with van der Waals surface area (Å²) in [6, 6.07) is 7.21. The minimum atomic E-state index is -0.651. The number of rotatable bonds is 4. The lowest BCUT2D eigenvalue weighted by Gasteiger charge is -2.26. The molecule has 4 nitrogen and oxygen atoms in total. The van der Waals surface area contributed by atoms with Crippen LogP contribution in [0.1, 0.15) is 25.5 Å². The number of methoxy groups -OCH3 is 2. The summed E-state index contributed by atoms with van der Waals surface area (Å²) in [7, 11) is 3.16. The molecule has 0 saturated heterocycles. The van der Waals surface area contributed by atoms with Crippen LogP contribution in [0.25, 0.3) is 0 Å². The van der Waals surface area contributed by atoms with Crippen LogP contribution in [0.3, 0.4) is 0 Å². The molecule has 17 heavy (non-hydrogen) atoms. The maximum atomic E-state index is 9.09. The molecule has 1 rings (SSSR count). The third-order valence-electron chi connectivity index (χ3n) is 2.84. The van der Waals surface area contributed by atoms with Gasteiger partial charge in [-0.15, -0.1) is 0 Å². The average molecular weight is 234 g/mol. The van der Waals surface area contributed by atoms with Crippen molar-refractivity contribution in [1.29, 1.82) is 5.26 Å². The summed E-state index contributed by atoms with van der Waals surface area (Å²) >= 11 is 0. The largest absolute Gasteiger partial charge is 0.497 e. The lowest BCUT2D eigenvalue weighted by atomic mass is 9.82. The van der Waals surface area contributed by atoms with Crippen molar-refractivity contribution in [2.45, 2.75) is 19.9 Å². The number of ether oxygens (including phenoxy) is 2. The summed E-state index contributed by atoms with van der Waals surface area (Å²) in [5, 5.41) is 9.09. The zero-order valence-corrected chi connectivity index (χ0v) is 10.7. The molecule has 0 aromatic heterocycles. The number of nitrogens with zero attached hydrogens (tertiary/aromatic N) is 1. The van der Waals surface area contributed by atoms with E-state index in [0.29, 0.717) is 11.5 Å². The highest BCUT2D eigenvalue weighted by atomic mass is 16.5. The number of benzene rings is 1. The summed E-state index contributed by atoms with van der Waals surface area (Å²) in [6.45, 7) is 3.61. The van der Waals surface area contributed by atoms with E-state index in [0.717, 1.165) is 5.56 Å². The molecule has 0 aliphatic heterocycles. The first-order chi connectivity index (χ1) is 7.96. The Balaban J connectivity index is 3.19. The Kier molecular flexibility index (Phi) is 3.97. The molecular formula is C13H18N2O2. The van der Waals surface area contributed by atoms with E-state index in [1.54, 1.807) is 34.1 Å². The monoisotopic (exact) mass is 234 g/mol. The first kappa shape index (κ1) is 13.3. The molecule has 0 bridgehead atoms. The molecule has 1 aromatic rings. The van der Waals surface area contributed by atoms with Crippen LogP contribution in [0, 0.1) is 16.7 Å². The smallest absolute Gasteiger partial charge is 0.127 e. The number of hydrogen-bond donors (Lipinski definition) is 1. The van der Waals surface area contributed by atoms with E-state index in [2.05, 4.69) is 6.07 Å². The van der Waals surface area contributed by atoms with Crippen LogP contribution in [0.15, 0.2) is 18.2 Å². The summed E-state index contributed by atoms with van der Waals surface area (Å²) in [5.74, 6) is 1.34. The van der Waals surface area contributed by atoms with E-state index in [1.807, 2.05) is 12.1 Å². The zero-order valence-electron chi connectivity index (χ0n) is 10.7. The van der Waals surface area contributed by atoms with Gasteiger partial charge in [0.15, 0.2) is 0 Å². The molecular weight excluding hydrogens is 216 g/mol. The molecule has 1 atom stereocenters. The molecule has 4 heteroatoms. The minimum absolute atomic E-state index is 0.409. The van der Waals surface area contributed by atoms with Gasteiger partial charge in [0.2, 0.25) is 0 Å². The molecule has 0 amide bonds. The molecule has 0 saturated carbocycles. The van der Waals surface area contributed by atoms with E-state index in [1.165, 1.54) is 0 Å². The molecule has 0 radical (unpaired) electrons. The second kappa shape index (κ2) is 5.07. The van der Waals surface area contributed by atoms with Gasteiger partial charge in [0.1, 0.15) is 11.5 Å². The lowest BCUT2D eigenvalue weighted by Crippen LogP contribution is -2.28. The standard InChI is InChI=1S/C13H18N2O2/c1-13(2,8-14)12(15)10-6-5-9(16-3)7-11(10)17-4/h5-7,12H,15H2,1-4H3. The van der Waals surface area contributed by atoms with Crippen LogP contribution in [-0.2, 0) is 0 Å². The summed E-state index contributed by atoms with van der Waals surface area (Å²) in [4.78, 5) is 0. The maximum Gasteiger partial charge on any atom is 0.127 e. The molecule has 0 aliphatic rings.